The predicted molar refractivity (Wildman–Crippen MR) is 74.4 cm³/mol. The molecule has 0 aliphatic heterocycles. The van der Waals surface area contributed by atoms with E-state index in [1.54, 1.807) is 6.20 Å². The van der Waals surface area contributed by atoms with Gasteiger partial charge in [-0.25, -0.2) is 9.97 Å². The molecule has 1 N–H and O–H groups in total. The highest BCUT2D eigenvalue weighted by Crippen LogP contribution is 2.22. The summed E-state index contributed by atoms with van der Waals surface area (Å²) in [6, 6.07) is 11.9. The molecule has 0 saturated carbocycles. The number of aliphatic hydroxyl groups is 1. The molecule has 3 rings (SSSR count). The Morgan fingerprint density at radius 2 is 2.00 bits per heavy atom. The van der Waals surface area contributed by atoms with Crippen molar-refractivity contribution < 1.29 is 5.11 Å². The molecule has 0 atom stereocenters. The maximum Gasteiger partial charge on any atom is 0.164 e. The first-order valence-electron chi connectivity index (χ1n) is 6.30. The summed E-state index contributed by atoms with van der Waals surface area (Å²) in [6.07, 6.45) is 2.28. The van der Waals surface area contributed by atoms with Gasteiger partial charge in [-0.15, -0.1) is 0 Å². The predicted octanol–water partition coefficient (Wildman–Crippen LogP) is 2.26. The highest BCUT2D eigenvalue weighted by molar-refractivity contribution is 5.74. The van der Waals surface area contributed by atoms with Gasteiger partial charge in [0.15, 0.2) is 5.65 Å². The number of hydrogen-bond donors (Lipinski definition) is 1. The topological polar surface area (TPSA) is 50.9 Å². The second-order valence-electron chi connectivity index (χ2n) is 4.47. The lowest BCUT2D eigenvalue weighted by atomic mass is 10.2. The SMILES string of the molecule is Cc1ccccc1-n1c(CCO)nc2cccnc21. The Hall–Kier alpha value is -2.20. The van der Waals surface area contributed by atoms with Crippen LogP contribution in [-0.2, 0) is 6.42 Å². The van der Waals surface area contributed by atoms with Gasteiger partial charge in [0.1, 0.15) is 11.3 Å². The molecule has 0 aliphatic rings. The number of para-hydroxylation sites is 1. The summed E-state index contributed by atoms with van der Waals surface area (Å²) in [6.45, 7) is 2.14. The zero-order valence-electron chi connectivity index (χ0n) is 10.7. The molecule has 19 heavy (non-hydrogen) atoms. The normalized spacial score (nSPS) is 11.1. The Bertz CT molecular complexity index is 718. The summed E-state index contributed by atoms with van der Waals surface area (Å²) in [5, 5.41) is 9.21. The maximum atomic E-state index is 9.21. The number of hydrogen-bond acceptors (Lipinski definition) is 3. The average Bonchev–Trinajstić information content (AvgIpc) is 2.78. The minimum Gasteiger partial charge on any atom is -0.396 e. The van der Waals surface area contributed by atoms with Crippen LogP contribution in [0.1, 0.15) is 11.4 Å². The molecule has 96 valence electrons. The fourth-order valence-corrected chi connectivity index (χ4v) is 2.29. The van der Waals surface area contributed by atoms with Crippen LogP contribution in [0.15, 0.2) is 42.6 Å². The van der Waals surface area contributed by atoms with E-state index < -0.39 is 0 Å². The molecule has 0 amide bonds. The second-order valence-corrected chi connectivity index (χ2v) is 4.47. The zero-order valence-corrected chi connectivity index (χ0v) is 10.7. The number of benzene rings is 1. The fourth-order valence-electron chi connectivity index (χ4n) is 2.29. The van der Waals surface area contributed by atoms with Crippen LogP contribution in [0.5, 0.6) is 0 Å². The standard InChI is InChI=1S/C15H15N3O/c1-11-5-2-3-7-13(11)18-14(8-10-19)17-12-6-4-9-16-15(12)18/h2-7,9,19H,8,10H2,1H3. The summed E-state index contributed by atoms with van der Waals surface area (Å²) < 4.78 is 2.03. The smallest absolute Gasteiger partial charge is 0.164 e. The van der Waals surface area contributed by atoms with Gasteiger partial charge < -0.3 is 5.11 Å². The molecule has 0 bridgehead atoms. The van der Waals surface area contributed by atoms with Crippen molar-refractivity contribution >= 4 is 11.2 Å². The fraction of sp³-hybridized carbons (Fsp3) is 0.200. The molecule has 2 heterocycles. The first-order chi connectivity index (χ1) is 9.31. The largest absolute Gasteiger partial charge is 0.396 e. The molecule has 4 heteroatoms. The van der Waals surface area contributed by atoms with E-state index in [4.69, 9.17) is 0 Å². The molecule has 0 fully saturated rings. The molecule has 4 nitrogen and oxygen atoms in total. The van der Waals surface area contributed by atoms with E-state index >= 15 is 0 Å². The molecular weight excluding hydrogens is 238 g/mol. The zero-order chi connectivity index (χ0) is 13.2. The molecule has 0 saturated heterocycles. The number of pyridine rings is 1. The first-order valence-corrected chi connectivity index (χ1v) is 6.30. The van der Waals surface area contributed by atoms with Gasteiger partial charge in [-0.1, -0.05) is 18.2 Å². The van der Waals surface area contributed by atoms with Crippen LogP contribution in [0.25, 0.3) is 16.9 Å². The number of aryl methyl sites for hydroxylation is 1. The van der Waals surface area contributed by atoms with E-state index in [1.807, 2.05) is 34.9 Å². The number of imidazole rings is 1. The van der Waals surface area contributed by atoms with Crippen LogP contribution < -0.4 is 0 Å². The van der Waals surface area contributed by atoms with Crippen molar-refractivity contribution in [1.29, 1.82) is 0 Å². The van der Waals surface area contributed by atoms with Crippen LogP contribution in [0.2, 0.25) is 0 Å². The third kappa shape index (κ3) is 2.00. The Labute approximate surface area is 111 Å². The number of aliphatic hydroxyl groups excluding tert-OH is 1. The van der Waals surface area contributed by atoms with Crippen molar-refractivity contribution in [1.82, 2.24) is 14.5 Å². The van der Waals surface area contributed by atoms with E-state index in [0.717, 1.165) is 28.2 Å². The summed E-state index contributed by atoms with van der Waals surface area (Å²) in [5.74, 6) is 0.838. The maximum absolute atomic E-state index is 9.21. The third-order valence-corrected chi connectivity index (χ3v) is 3.18. The summed E-state index contributed by atoms with van der Waals surface area (Å²) in [4.78, 5) is 8.98. The molecular formula is C15H15N3O. The minimum absolute atomic E-state index is 0.0786. The lowest BCUT2D eigenvalue weighted by Gasteiger charge is -2.10. The van der Waals surface area contributed by atoms with Crippen molar-refractivity contribution in [2.45, 2.75) is 13.3 Å². The van der Waals surface area contributed by atoms with E-state index in [1.165, 1.54) is 0 Å². The quantitative estimate of drug-likeness (QED) is 0.779. The van der Waals surface area contributed by atoms with Gasteiger partial charge in [-0.3, -0.25) is 4.57 Å². The Kier molecular flexibility index (Phi) is 3.01. The molecule has 0 unspecified atom stereocenters. The molecule has 3 aromatic rings. The van der Waals surface area contributed by atoms with Gasteiger partial charge in [0.05, 0.1) is 12.3 Å². The third-order valence-electron chi connectivity index (χ3n) is 3.18. The van der Waals surface area contributed by atoms with Gasteiger partial charge in [0, 0.05) is 12.6 Å². The summed E-state index contributed by atoms with van der Waals surface area (Å²) >= 11 is 0. The van der Waals surface area contributed by atoms with Crippen LogP contribution in [0.4, 0.5) is 0 Å². The van der Waals surface area contributed by atoms with Gasteiger partial charge in [-0.2, -0.15) is 0 Å². The number of aromatic nitrogens is 3. The van der Waals surface area contributed by atoms with Crippen molar-refractivity contribution in [3.05, 3.63) is 54.0 Å². The van der Waals surface area contributed by atoms with Gasteiger partial charge in [0.2, 0.25) is 0 Å². The Balaban J connectivity index is 2.31. The highest BCUT2D eigenvalue weighted by Gasteiger charge is 2.13. The molecule has 0 radical (unpaired) electrons. The van der Waals surface area contributed by atoms with Crippen molar-refractivity contribution in [2.75, 3.05) is 6.61 Å². The van der Waals surface area contributed by atoms with Crippen LogP contribution in [-0.4, -0.2) is 26.2 Å². The van der Waals surface area contributed by atoms with Crippen molar-refractivity contribution in [3.8, 4) is 5.69 Å². The van der Waals surface area contributed by atoms with Crippen LogP contribution in [0, 0.1) is 6.92 Å². The average molecular weight is 253 g/mol. The molecule has 2 aromatic heterocycles. The lowest BCUT2D eigenvalue weighted by molar-refractivity contribution is 0.296. The number of fused-ring (bicyclic) bond motifs is 1. The van der Waals surface area contributed by atoms with Crippen LogP contribution in [0.3, 0.4) is 0 Å². The van der Waals surface area contributed by atoms with Gasteiger partial charge >= 0.3 is 0 Å². The Morgan fingerprint density at radius 3 is 2.79 bits per heavy atom. The molecule has 0 spiro atoms. The van der Waals surface area contributed by atoms with Gasteiger partial charge in [0.25, 0.3) is 0 Å². The first kappa shape index (κ1) is 11.9. The second kappa shape index (κ2) is 4.82. The molecule has 1 aromatic carbocycles. The van der Waals surface area contributed by atoms with Crippen LogP contribution >= 0.6 is 0 Å². The number of nitrogens with zero attached hydrogens (tertiary/aromatic N) is 3. The van der Waals surface area contributed by atoms with Gasteiger partial charge in [-0.05, 0) is 30.7 Å². The lowest BCUT2D eigenvalue weighted by Crippen LogP contribution is -2.05. The van der Waals surface area contributed by atoms with E-state index in [9.17, 15) is 5.11 Å². The van der Waals surface area contributed by atoms with E-state index in [0.29, 0.717) is 6.42 Å². The Morgan fingerprint density at radius 1 is 1.16 bits per heavy atom. The highest BCUT2D eigenvalue weighted by atomic mass is 16.3. The van der Waals surface area contributed by atoms with Crippen molar-refractivity contribution in [3.63, 3.8) is 0 Å². The number of rotatable bonds is 3. The monoisotopic (exact) mass is 253 g/mol. The summed E-state index contributed by atoms with van der Waals surface area (Å²) in [7, 11) is 0. The summed E-state index contributed by atoms with van der Waals surface area (Å²) in [5.41, 5.74) is 3.91. The van der Waals surface area contributed by atoms with Crippen molar-refractivity contribution in [2.24, 2.45) is 0 Å². The van der Waals surface area contributed by atoms with E-state index in [-0.39, 0.29) is 6.61 Å². The van der Waals surface area contributed by atoms with E-state index in [2.05, 4.69) is 23.0 Å². The molecule has 0 aliphatic carbocycles. The minimum atomic E-state index is 0.0786.